The molecule has 0 radical (unpaired) electrons. The van der Waals surface area contributed by atoms with Gasteiger partial charge in [-0.15, -0.1) is 6.58 Å². The summed E-state index contributed by atoms with van der Waals surface area (Å²) < 4.78 is 0. The van der Waals surface area contributed by atoms with Crippen molar-refractivity contribution in [2.24, 2.45) is 17.0 Å². The second-order valence-corrected chi connectivity index (χ2v) is 3.62. The lowest BCUT2D eigenvalue weighted by Gasteiger charge is -2.43. The Morgan fingerprint density at radius 3 is 3.08 bits per heavy atom. The van der Waals surface area contributed by atoms with Crippen molar-refractivity contribution in [2.45, 2.75) is 6.42 Å². The summed E-state index contributed by atoms with van der Waals surface area (Å²) in [5.41, 5.74) is 0.942. The number of piperidine rings is 3. The van der Waals surface area contributed by atoms with Crippen molar-refractivity contribution in [3.8, 4) is 0 Å². The molecule has 3 nitrogen and oxygen atoms in total. The molecule has 3 rings (SSSR count). The maximum atomic E-state index is 8.75. The van der Waals surface area contributed by atoms with E-state index in [2.05, 4.69) is 16.6 Å². The highest BCUT2D eigenvalue weighted by Gasteiger charge is 2.37. The van der Waals surface area contributed by atoms with Gasteiger partial charge in [-0.25, -0.2) is 0 Å². The fraction of sp³-hybridized carbons (Fsp3) is 0.667. The molecule has 2 bridgehead atoms. The molecule has 3 fully saturated rings. The second-order valence-electron chi connectivity index (χ2n) is 3.62. The molecular weight excluding hydrogens is 152 g/mol. The molecule has 0 amide bonds. The van der Waals surface area contributed by atoms with Crippen LogP contribution in [0, 0.1) is 11.8 Å². The highest BCUT2D eigenvalue weighted by Crippen LogP contribution is 2.31. The van der Waals surface area contributed by atoms with Gasteiger partial charge in [-0.3, -0.25) is 4.90 Å². The highest BCUT2D eigenvalue weighted by molar-refractivity contribution is 5.90. The topological polar surface area (TPSA) is 35.8 Å². The van der Waals surface area contributed by atoms with Gasteiger partial charge in [0, 0.05) is 19.0 Å². The van der Waals surface area contributed by atoms with E-state index in [9.17, 15) is 0 Å². The van der Waals surface area contributed by atoms with Gasteiger partial charge in [0.05, 0.1) is 5.71 Å². The van der Waals surface area contributed by atoms with Crippen molar-refractivity contribution in [1.82, 2.24) is 4.90 Å². The number of hydrogen-bond acceptors (Lipinski definition) is 3. The SMILES string of the molecule is C=CC1CN2CCC1C(=NO)C2. The molecular formula is C9H14N2O. The molecule has 3 atom stereocenters. The van der Waals surface area contributed by atoms with E-state index < -0.39 is 0 Å². The molecule has 0 aromatic carbocycles. The smallest absolute Gasteiger partial charge is 0.0748 e. The molecule has 3 heteroatoms. The summed E-state index contributed by atoms with van der Waals surface area (Å²) in [6.45, 7) is 6.90. The van der Waals surface area contributed by atoms with E-state index >= 15 is 0 Å². The number of nitrogens with zero attached hydrogens (tertiary/aromatic N) is 2. The summed E-state index contributed by atoms with van der Waals surface area (Å²) >= 11 is 0. The average molecular weight is 166 g/mol. The zero-order valence-corrected chi connectivity index (χ0v) is 7.11. The van der Waals surface area contributed by atoms with Gasteiger partial charge in [-0.2, -0.15) is 0 Å². The predicted octanol–water partition coefficient (Wildman–Crippen LogP) is 0.954. The second kappa shape index (κ2) is 2.90. The number of hydrogen-bond donors (Lipinski definition) is 1. The number of rotatable bonds is 1. The molecule has 0 aromatic rings. The van der Waals surface area contributed by atoms with Crippen molar-refractivity contribution in [2.75, 3.05) is 19.6 Å². The normalized spacial score (nSPS) is 43.3. The van der Waals surface area contributed by atoms with Crippen LogP contribution < -0.4 is 0 Å². The van der Waals surface area contributed by atoms with Crippen LogP contribution in [0.4, 0.5) is 0 Å². The quantitative estimate of drug-likeness (QED) is 0.358. The zero-order valence-electron chi connectivity index (χ0n) is 7.11. The molecule has 0 aliphatic carbocycles. The standard InChI is InChI=1S/C9H14N2O/c1-2-7-5-11-4-3-8(7)9(6-11)10-12/h2,7-8,12H,1,3-6H2. The lowest BCUT2D eigenvalue weighted by Crippen LogP contribution is -2.52. The maximum absolute atomic E-state index is 8.75. The summed E-state index contributed by atoms with van der Waals surface area (Å²) in [5.74, 6) is 0.955. The van der Waals surface area contributed by atoms with Gasteiger partial charge in [0.15, 0.2) is 0 Å². The monoisotopic (exact) mass is 166 g/mol. The highest BCUT2D eigenvalue weighted by atomic mass is 16.4. The van der Waals surface area contributed by atoms with Crippen LogP contribution in [0.5, 0.6) is 0 Å². The Kier molecular flexibility index (Phi) is 1.89. The lowest BCUT2D eigenvalue weighted by atomic mass is 9.78. The van der Waals surface area contributed by atoms with Gasteiger partial charge in [-0.1, -0.05) is 11.2 Å². The molecule has 1 N–H and O–H groups in total. The molecule has 3 saturated heterocycles. The van der Waals surface area contributed by atoms with Crippen LogP contribution in [0.2, 0.25) is 0 Å². The fourth-order valence-electron chi connectivity index (χ4n) is 2.30. The van der Waals surface area contributed by atoms with E-state index in [1.807, 2.05) is 6.08 Å². The molecule has 0 saturated carbocycles. The predicted molar refractivity (Wildman–Crippen MR) is 47.5 cm³/mol. The first-order chi connectivity index (χ1) is 5.85. The maximum Gasteiger partial charge on any atom is 0.0748 e. The summed E-state index contributed by atoms with van der Waals surface area (Å²) in [4.78, 5) is 2.32. The number of fused-ring (bicyclic) bond motifs is 3. The van der Waals surface area contributed by atoms with E-state index in [4.69, 9.17) is 5.21 Å². The molecule has 12 heavy (non-hydrogen) atoms. The van der Waals surface area contributed by atoms with Gasteiger partial charge in [0.25, 0.3) is 0 Å². The molecule has 3 unspecified atom stereocenters. The molecule has 3 aliphatic heterocycles. The van der Waals surface area contributed by atoms with E-state index in [0.29, 0.717) is 11.8 Å². The Labute approximate surface area is 72.4 Å². The Balaban J connectivity index is 2.21. The van der Waals surface area contributed by atoms with E-state index in [1.54, 1.807) is 0 Å². The van der Waals surface area contributed by atoms with Crippen LogP contribution >= 0.6 is 0 Å². The minimum Gasteiger partial charge on any atom is -0.411 e. The van der Waals surface area contributed by atoms with Crippen LogP contribution in [0.25, 0.3) is 0 Å². The van der Waals surface area contributed by atoms with Crippen LogP contribution in [0.1, 0.15) is 6.42 Å². The van der Waals surface area contributed by atoms with E-state index in [1.165, 1.54) is 0 Å². The summed E-state index contributed by atoms with van der Waals surface area (Å²) in [5, 5.41) is 12.1. The van der Waals surface area contributed by atoms with Gasteiger partial charge < -0.3 is 5.21 Å². The minimum atomic E-state index is 0.456. The van der Waals surface area contributed by atoms with Crippen molar-refractivity contribution in [3.63, 3.8) is 0 Å². The summed E-state index contributed by atoms with van der Waals surface area (Å²) in [7, 11) is 0. The van der Waals surface area contributed by atoms with Crippen LogP contribution in [0.3, 0.4) is 0 Å². The third kappa shape index (κ3) is 1.05. The first-order valence-electron chi connectivity index (χ1n) is 4.41. The van der Waals surface area contributed by atoms with E-state index in [0.717, 1.165) is 31.8 Å². The van der Waals surface area contributed by atoms with Gasteiger partial charge in [0.1, 0.15) is 0 Å². The third-order valence-electron chi connectivity index (χ3n) is 2.99. The molecule has 0 spiro atoms. The van der Waals surface area contributed by atoms with Crippen LogP contribution in [-0.2, 0) is 0 Å². The molecule has 0 aromatic heterocycles. The molecule has 3 aliphatic rings. The molecule has 3 heterocycles. The van der Waals surface area contributed by atoms with Crippen LogP contribution in [-0.4, -0.2) is 35.5 Å². The Hall–Kier alpha value is -0.830. The summed E-state index contributed by atoms with van der Waals surface area (Å²) in [6, 6.07) is 0. The Bertz CT molecular complexity index is 225. The van der Waals surface area contributed by atoms with Gasteiger partial charge in [-0.05, 0) is 18.9 Å². The molecule has 66 valence electrons. The Morgan fingerprint density at radius 1 is 1.67 bits per heavy atom. The van der Waals surface area contributed by atoms with Crippen molar-refractivity contribution >= 4 is 5.71 Å². The number of oxime groups is 1. The largest absolute Gasteiger partial charge is 0.411 e. The van der Waals surface area contributed by atoms with Gasteiger partial charge >= 0.3 is 0 Å². The summed E-state index contributed by atoms with van der Waals surface area (Å²) in [6.07, 6.45) is 3.11. The Morgan fingerprint density at radius 2 is 2.50 bits per heavy atom. The van der Waals surface area contributed by atoms with Crippen molar-refractivity contribution in [1.29, 1.82) is 0 Å². The first kappa shape index (κ1) is 7.80. The van der Waals surface area contributed by atoms with Gasteiger partial charge in [0.2, 0.25) is 0 Å². The third-order valence-corrected chi connectivity index (χ3v) is 2.99. The first-order valence-corrected chi connectivity index (χ1v) is 4.41. The fourth-order valence-corrected chi connectivity index (χ4v) is 2.30. The van der Waals surface area contributed by atoms with Crippen molar-refractivity contribution < 1.29 is 5.21 Å². The zero-order chi connectivity index (χ0) is 8.55. The van der Waals surface area contributed by atoms with Crippen LogP contribution in [0.15, 0.2) is 17.8 Å². The lowest BCUT2D eigenvalue weighted by molar-refractivity contribution is 0.153. The minimum absolute atomic E-state index is 0.456. The van der Waals surface area contributed by atoms with E-state index in [-0.39, 0.29) is 0 Å². The van der Waals surface area contributed by atoms with Crippen molar-refractivity contribution in [3.05, 3.63) is 12.7 Å². The average Bonchev–Trinajstić information content (AvgIpc) is 2.18.